The first-order valence-electron chi connectivity index (χ1n) is 10.1. The van der Waals surface area contributed by atoms with Crippen LogP contribution in [0.3, 0.4) is 0 Å². The second-order valence-corrected chi connectivity index (χ2v) is 7.31. The summed E-state index contributed by atoms with van der Waals surface area (Å²) in [6.07, 6.45) is -4.72. The maximum absolute atomic E-state index is 13.8. The van der Waals surface area contributed by atoms with Gasteiger partial charge >= 0.3 is 6.18 Å². The lowest BCUT2D eigenvalue weighted by molar-refractivity contribution is -0.0567. The highest BCUT2D eigenvalue weighted by molar-refractivity contribution is 6.51. The van der Waals surface area contributed by atoms with Gasteiger partial charge in [-0.25, -0.2) is 9.98 Å². The first kappa shape index (κ1) is 21.7. The molecular formula is C20H22F3N9. The standard InChI is InChI=1S/C20H22F3N9/c1-6-31(7-2)15-9-8-13(12(4)24-15)25-16-17(20(21,22)23)29-32-18(26-27-19(16)32)14-10-11(3)30(5)28-14/h8-10H,6-7H2,1-5H3/b25-16-. The minimum atomic E-state index is -4.72. The number of aryl methyl sites for hydroxylation is 3. The Morgan fingerprint density at radius 2 is 1.75 bits per heavy atom. The highest BCUT2D eigenvalue weighted by atomic mass is 19.4. The molecule has 3 aromatic rings. The van der Waals surface area contributed by atoms with Crippen LogP contribution in [-0.2, 0) is 7.05 Å². The van der Waals surface area contributed by atoms with Gasteiger partial charge in [0.15, 0.2) is 5.71 Å². The van der Waals surface area contributed by atoms with Gasteiger partial charge in [0.2, 0.25) is 11.6 Å². The van der Waals surface area contributed by atoms with Crippen molar-refractivity contribution in [3.05, 3.63) is 35.4 Å². The van der Waals surface area contributed by atoms with E-state index in [1.54, 1.807) is 36.9 Å². The lowest BCUT2D eigenvalue weighted by Crippen LogP contribution is -2.29. The highest BCUT2D eigenvalue weighted by Crippen LogP contribution is 2.31. The molecule has 1 aliphatic rings. The zero-order valence-electron chi connectivity index (χ0n) is 18.3. The Balaban J connectivity index is 1.82. The summed E-state index contributed by atoms with van der Waals surface area (Å²) in [5, 5.41) is 16.0. The van der Waals surface area contributed by atoms with E-state index in [1.165, 1.54) is 0 Å². The van der Waals surface area contributed by atoms with Crippen molar-refractivity contribution in [2.75, 3.05) is 18.0 Å². The number of hydrogen-bond acceptors (Lipinski definition) is 7. The molecule has 0 atom stereocenters. The maximum Gasteiger partial charge on any atom is 0.437 e. The van der Waals surface area contributed by atoms with Crippen molar-refractivity contribution < 1.29 is 13.2 Å². The molecule has 0 bridgehead atoms. The number of aliphatic imine (C=N–C) groups is 1. The Hall–Kier alpha value is -3.57. The van der Waals surface area contributed by atoms with Crippen molar-refractivity contribution in [1.82, 2.24) is 29.6 Å². The van der Waals surface area contributed by atoms with Crippen LogP contribution in [0.1, 0.15) is 31.1 Å². The summed E-state index contributed by atoms with van der Waals surface area (Å²) in [6, 6.07) is 5.10. The molecule has 0 N–H and O–H groups in total. The van der Waals surface area contributed by atoms with Gasteiger partial charge in [-0.15, -0.1) is 10.2 Å². The van der Waals surface area contributed by atoms with E-state index in [9.17, 15) is 13.2 Å². The smallest absolute Gasteiger partial charge is 0.357 e. The molecule has 0 fully saturated rings. The number of hydrogen-bond donors (Lipinski definition) is 0. The number of fused-ring (bicyclic) bond motifs is 1. The third-order valence-corrected chi connectivity index (χ3v) is 5.25. The lowest BCUT2D eigenvalue weighted by Gasteiger charge is -2.20. The number of alkyl halides is 3. The quantitative estimate of drug-likeness (QED) is 0.600. The fourth-order valence-corrected chi connectivity index (χ4v) is 3.40. The van der Waals surface area contributed by atoms with Crippen LogP contribution in [-0.4, -0.2) is 60.3 Å². The van der Waals surface area contributed by atoms with Crippen molar-refractivity contribution >= 4 is 22.9 Å². The monoisotopic (exact) mass is 445 g/mol. The van der Waals surface area contributed by atoms with E-state index in [-0.39, 0.29) is 11.6 Å². The molecule has 0 amide bonds. The molecule has 32 heavy (non-hydrogen) atoms. The summed E-state index contributed by atoms with van der Waals surface area (Å²) in [5.74, 6) is 0.758. The van der Waals surface area contributed by atoms with E-state index in [1.807, 2.05) is 25.7 Å². The van der Waals surface area contributed by atoms with Crippen LogP contribution < -0.4 is 4.90 Å². The van der Waals surface area contributed by atoms with Gasteiger partial charge in [-0.05, 0) is 45.9 Å². The second-order valence-electron chi connectivity index (χ2n) is 7.31. The van der Waals surface area contributed by atoms with Crippen LogP contribution >= 0.6 is 0 Å². The van der Waals surface area contributed by atoms with Crippen LogP contribution in [0.25, 0.3) is 11.5 Å². The summed E-state index contributed by atoms with van der Waals surface area (Å²) in [6.45, 7) is 9.08. The molecule has 0 spiro atoms. The molecule has 0 saturated carbocycles. The minimum absolute atomic E-state index is 0.0946. The van der Waals surface area contributed by atoms with Gasteiger partial charge in [-0.3, -0.25) is 4.68 Å². The highest BCUT2D eigenvalue weighted by Gasteiger charge is 2.46. The summed E-state index contributed by atoms with van der Waals surface area (Å²) in [7, 11) is 1.73. The van der Waals surface area contributed by atoms with E-state index < -0.39 is 17.6 Å². The largest absolute Gasteiger partial charge is 0.437 e. The van der Waals surface area contributed by atoms with Crippen molar-refractivity contribution in [2.24, 2.45) is 17.1 Å². The van der Waals surface area contributed by atoms with Gasteiger partial charge in [0.1, 0.15) is 17.2 Å². The topological polar surface area (TPSA) is 89.4 Å². The lowest BCUT2D eigenvalue weighted by atomic mass is 10.2. The fourth-order valence-electron chi connectivity index (χ4n) is 3.40. The molecule has 0 aromatic carbocycles. The van der Waals surface area contributed by atoms with Crippen LogP contribution in [0.15, 0.2) is 28.3 Å². The predicted molar refractivity (Wildman–Crippen MR) is 115 cm³/mol. The second kappa shape index (κ2) is 7.84. The molecule has 168 valence electrons. The van der Waals surface area contributed by atoms with Crippen molar-refractivity contribution in [3.8, 4) is 11.5 Å². The molecule has 4 heterocycles. The third-order valence-electron chi connectivity index (χ3n) is 5.25. The number of halogens is 3. The molecule has 0 saturated heterocycles. The molecule has 12 heteroatoms. The van der Waals surface area contributed by atoms with Crippen LogP contribution in [0.2, 0.25) is 0 Å². The first-order valence-corrected chi connectivity index (χ1v) is 10.1. The van der Waals surface area contributed by atoms with Crippen LogP contribution in [0.4, 0.5) is 24.7 Å². The molecule has 3 aromatic heterocycles. The summed E-state index contributed by atoms with van der Waals surface area (Å²) in [4.78, 5) is 10.8. The van der Waals surface area contributed by atoms with Crippen molar-refractivity contribution in [3.63, 3.8) is 0 Å². The Bertz CT molecular complexity index is 1210. The molecule has 0 aliphatic carbocycles. The predicted octanol–water partition coefficient (Wildman–Crippen LogP) is 3.44. The molecule has 9 nitrogen and oxygen atoms in total. The summed E-state index contributed by atoms with van der Waals surface area (Å²) >= 11 is 0. The van der Waals surface area contributed by atoms with Crippen molar-refractivity contribution in [2.45, 2.75) is 33.9 Å². The zero-order chi connectivity index (χ0) is 23.2. The summed E-state index contributed by atoms with van der Waals surface area (Å²) < 4.78 is 44.1. The molecule has 4 rings (SSSR count). The summed E-state index contributed by atoms with van der Waals surface area (Å²) in [5.41, 5.74) is 0.463. The SMILES string of the molecule is CCN(CC)c1ccc(/N=C2/C(C(F)(F)F)=Nn3c2nnc3-c2cc(C)n(C)n2)c(C)n1. The van der Waals surface area contributed by atoms with E-state index in [0.29, 0.717) is 17.1 Å². The minimum Gasteiger partial charge on any atom is -0.357 e. The van der Waals surface area contributed by atoms with Crippen LogP contribution in [0.5, 0.6) is 0 Å². The van der Waals surface area contributed by atoms with Crippen LogP contribution in [0, 0.1) is 13.8 Å². The van der Waals surface area contributed by atoms with Crippen molar-refractivity contribution in [1.29, 1.82) is 0 Å². The van der Waals surface area contributed by atoms with Gasteiger partial charge in [-0.1, -0.05) is 0 Å². The van der Waals surface area contributed by atoms with Gasteiger partial charge in [0.05, 0.1) is 11.4 Å². The zero-order valence-corrected chi connectivity index (χ0v) is 18.3. The average Bonchev–Trinajstić information content (AvgIpc) is 3.39. The van der Waals surface area contributed by atoms with E-state index in [4.69, 9.17) is 0 Å². The number of rotatable bonds is 5. The molecule has 0 radical (unpaired) electrons. The number of nitrogens with zero attached hydrogens (tertiary/aromatic N) is 9. The fraction of sp³-hybridized carbons (Fsp3) is 0.400. The van der Waals surface area contributed by atoms with Gasteiger partial charge in [0.25, 0.3) is 0 Å². The Labute approximate surface area is 182 Å². The van der Waals surface area contributed by atoms with E-state index in [0.717, 1.165) is 29.3 Å². The van der Waals surface area contributed by atoms with Gasteiger partial charge < -0.3 is 4.90 Å². The molecule has 1 aliphatic heterocycles. The Morgan fingerprint density at radius 1 is 1.06 bits per heavy atom. The third kappa shape index (κ3) is 3.65. The normalized spacial score (nSPS) is 14.8. The Morgan fingerprint density at radius 3 is 2.31 bits per heavy atom. The average molecular weight is 445 g/mol. The van der Waals surface area contributed by atoms with Gasteiger partial charge in [-0.2, -0.15) is 28.0 Å². The number of aromatic nitrogens is 6. The maximum atomic E-state index is 13.8. The molecular weight excluding hydrogens is 423 g/mol. The van der Waals surface area contributed by atoms with Gasteiger partial charge in [0, 0.05) is 25.8 Å². The Kier molecular flexibility index (Phi) is 5.31. The number of anilines is 1. The first-order chi connectivity index (χ1) is 15.1. The van der Waals surface area contributed by atoms with E-state index in [2.05, 4.69) is 30.4 Å². The van der Waals surface area contributed by atoms with E-state index >= 15 is 0 Å². The molecule has 0 unspecified atom stereocenters. The number of pyridine rings is 1.